The van der Waals surface area contributed by atoms with Crippen molar-refractivity contribution in [3.8, 4) is 0 Å². The molecular formula is C14H19NO. The number of hydrogen-bond donors (Lipinski definition) is 1. The van der Waals surface area contributed by atoms with Crippen LogP contribution in [0.5, 0.6) is 0 Å². The van der Waals surface area contributed by atoms with Crippen LogP contribution in [0.1, 0.15) is 43.9 Å². The molecule has 16 heavy (non-hydrogen) atoms. The topological polar surface area (TPSA) is 25.2 Å². The Kier molecular flexibility index (Phi) is 2.76. The van der Waals surface area contributed by atoms with E-state index in [-0.39, 0.29) is 0 Å². The fourth-order valence-corrected chi connectivity index (χ4v) is 2.13. The molecule has 0 saturated heterocycles. The van der Waals surface area contributed by atoms with Crippen molar-refractivity contribution in [2.24, 2.45) is 7.05 Å². The molecule has 1 aromatic carbocycles. The van der Waals surface area contributed by atoms with Crippen molar-refractivity contribution in [3.05, 3.63) is 35.5 Å². The first-order chi connectivity index (χ1) is 7.50. The van der Waals surface area contributed by atoms with Gasteiger partial charge in [0, 0.05) is 29.7 Å². The zero-order chi connectivity index (χ0) is 11.9. The van der Waals surface area contributed by atoms with Crippen molar-refractivity contribution >= 4 is 10.9 Å². The lowest BCUT2D eigenvalue weighted by Gasteiger charge is -2.07. The van der Waals surface area contributed by atoms with Gasteiger partial charge in [0.2, 0.25) is 0 Å². The number of nitrogens with zero attached hydrogens (tertiary/aromatic N) is 1. The lowest BCUT2D eigenvalue weighted by atomic mass is 9.99. The van der Waals surface area contributed by atoms with Crippen LogP contribution >= 0.6 is 0 Å². The molecule has 0 radical (unpaired) electrons. The summed E-state index contributed by atoms with van der Waals surface area (Å²) in [5.41, 5.74) is 3.51. The van der Waals surface area contributed by atoms with Gasteiger partial charge in [-0.15, -0.1) is 0 Å². The summed E-state index contributed by atoms with van der Waals surface area (Å²) in [4.78, 5) is 0. The Bertz CT molecular complexity index is 509. The van der Waals surface area contributed by atoms with Crippen molar-refractivity contribution in [2.45, 2.75) is 32.8 Å². The molecule has 1 aromatic heterocycles. The number of aryl methyl sites for hydroxylation is 1. The number of fused-ring (bicyclic) bond motifs is 1. The highest BCUT2D eigenvalue weighted by atomic mass is 16.3. The molecule has 0 amide bonds. The van der Waals surface area contributed by atoms with E-state index in [9.17, 15) is 5.11 Å². The van der Waals surface area contributed by atoms with Crippen LogP contribution in [0.4, 0.5) is 0 Å². The van der Waals surface area contributed by atoms with Gasteiger partial charge in [0.1, 0.15) is 0 Å². The van der Waals surface area contributed by atoms with Crippen LogP contribution in [0, 0.1) is 0 Å². The minimum Gasteiger partial charge on any atom is -0.389 e. The molecule has 2 rings (SSSR count). The number of aliphatic hydroxyl groups is 1. The molecule has 86 valence electrons. The van der Waals surface area contributed by atoms with Gasteiger partial charge < -0.3 is 9.67 Å². The average Bonchev–Trinajstić information content (AvgIpc) is 2.56. The van der Waals surface area contributed by atoms with Crippen molar-refractivity contribution < 1.29 is 5.11 Å². The molecule has 0 aliphatic rings. The van der Waals surface area contributed by atoms with Gasteiger partial charge in [-0.1, -0.05) is 19.9 Å². The fraction of sp³-hybridized carbons (Fsp3) is 0.429. The van der Waals surface area contributed by atoms with Gasteiger partial charge in [-0.2, -0.15) is 0 Å². The SMILES string of the molecule is CC(C)c1ccc2c(c1)c(C(C)O)cn2C. The smallest absolute Gasteiger partial charge is 0.0782 e. The maximum atomic E-state index is 9.75. The Morgan fingerprint density at radius 2 is 1.88 bits per heavy atom. The van der Waals surface area contributed by atoms with E-state index in [1.54, 1.807) is 0 Å². The van der Waals surface area contributed by atoms with Crippen molar-refractivity contribution in [1.82, 2.24) is 4.57 Å². The first-order valence-electron chi connectivity index (χ1n) is 5.77. The summed E-state index contributed by atoms with van der Waals surface area (Å²) in [6.07, 6.45) is 1.60. The summed E-state index contributed by atoms with van der Waals surface area (Å²) in [5.74, 6) is 0.520. The predicted octanol–water partition coefficient (Wildman–Crippen LogP) is 3.36. The minimum atomic E-state index is -0.411. The number of benzene rings is 1. The first kappa shape index (κ1) is 11.2. The molecular weight excluding hydrogens is 198 g/mol. The molecule has 2 nitrogen and oxygen atoms in total. The van der Waals surface area contributed by atoms with Gasteiger partial charge in [0.25, 0.3) is 0 Å². The zero-order valence-corrected chi connectivity index (χ0v) is 10.4. The molecule has 1 atom stereocenters. The van der Waals surface area contributed by atoms with E-state index in [0.29, 0.717) is 5.92 Å². The molecule has 0 bridgehead atoms. The predicted molar refractivity (Wildman–Crippen MR) is 67.6 cm³/mol. The zero-order valence-electron chi connectivity index (χ0n) is 10.4. The minimum absolute atomic E-state index is 0.411. The lowest BCUT2D eigenvalue weighted by molar-refractivity contribution is 0.200. The van der Waals surface area contributed by atoms with E-state index in [4.69, 9.17) is 0 Å². The third-order valence-electron chi connectivity index (χ3n) is 3.16. The van der Waals surface area contributed by atoms with Gasteiger partial charge in [-0.25, -0.2) is 0 Å². The van der Waals surface area contributed by atoms with Gasteiger partial charge in [-0.3, -0.25) is 0 Å². The van der Waals surface area contributed by atoms with Crippen LogP contribution in [0.2, 0.25) is 0 Å². The summed E-state index contributed by atoms with van der Waals surface area (Å²) in [6, 6.07) is 6.50. The second-order valence-corrected chi connectivity index (χ2v) is 4.80. The fourth-order valence-electron chi connectivity index (χ4n) is 2.13. The summed E-state index contributed by atoms with van der Waals surface area (Å²) < 4.78 is 2.07. The Balaban J connectivity index is 2.69. The lowest BCUT2D eigenvalue weighted by Crippen LogP contribution is -1.90. The Labute approximate surface area is 96.5 Å². The molecule has 1 N–H and O–H groups in total. The highest BCUT2D eigenvalue weighted by molar-refractivity contribution is 5.85. The molecule has 0 spiro atoms. The molecule has 0 aliphatic heterocycles. The van der Waals surface area contributed by atoms with Crippen molar-refractivity contribution in [2.75, 3.05) is 0 Å². The second kappa shape index (κ2) is 3.95. The maximum Gasteiger partial charge on any atom is 0.0782 e. The average molecular weight is 217 g/mol. The third-order valence-corrected chi connectivity index (χ3v) is 3.16. The Morgan fingerprint density at radius 1 is 1.19 bits per heavy atom. The molecule has 1 heterocycles. The van der Waals surface area contributed by atoms with Crippen molar-refractivity contribution in [1.29, 1.82) is 0 Å². The number of rotatable bonds is 2. The molecule has 2 aromatic rings. The normalized spacial score (nSPS) is 13.6. The van der Waals surface area contributed by atoms with E-state index < -0.39 is 6.10 Å². The summed E-state index contributed by atoms with van der Waals surface area (Å²) in [5, 5.41) is 10.9. The summed E-state index contributed by atoms with van der Waals surface area (Å²) in [6.45, 7) is 6.19. The number of aromatic nitrogens is 1. The summed E-state index contributed by atoms with van der Waals surface area (Å²) >= 11 is 0. The maximum absolute atomic E-state index is 9.75. The van der Waals surface area contributed by atoms with Crippen LogP contribution in [0.25, 0.3) is 10.9 Å². The van der Waals surface area contributed by atoms with Crippen LogP contribution in [-0.2, 0) is 7.05 Å². The molecule has 1 unspecified atom stereocenters. The number of aliphatic hydroxyl groups excluding tert-OH is 1. The second-order valence-electron chi connectivity index (χ2n) is 4.80. The van der Waals surface area contributed by atoms with E-state index >= 15 is 0 Å². The molecule has 2 heteroatoms. The van der Waals surface area contributed by atoms with Crippen LogP contribution in [0.15, 0.2) is 24.4 Å². The van der Waals surface area contributed by atoms with E-state index in [2.05, 4.69) is 36.6 Å². The van der Waals surface area contributed by atoms with Gasteiger partial charge in [-0.05, 0) is 30.5 Å². The van der Waals surface area contributed by atoms with E-state index in [1.807, 2.05) is 20.2 Å². The first-order valence-corrected chi connectivity index (χ1v) is 5.77. The Hall–Kier alpha value is -1.28. The van der Waals surface area contributed by atoms with E-state index in [1.165, 1.54) is 16.5 Å². The van der Waals surface area contributed by atoms with Crippen LogP contribution in [0.3, 0.4) is 0 Å². The largest absolute Gasteiger partial charge is 0.389 e. The third kappa shape index (κ3) is 1.74. The highest BCUT2D eigenvalue weighted by Gasteiger charge is 2.11. The standard InChI is InChI=1S/C14H19NO/c1-9(2)11-5-6-14-12(7-11)13(10(3)16)8-15(14)4/h5-10,16H,1-4H3. The molecule has 0 fully saturated rings. The van der Waals surface area contributed by atoms with Crippen LogP contribution in [-0.4, -0.2) is 9.67 Å². The monoisotopic (exact) mass is 217 g/mol. The molecule has 0 aliphatic carbocycles. The number of hydrogen-bond acceptors (Lipinski definition) is 1. The van der Waals surface area contributed by atoms with Gasteiger partial charge in [0.05, 0.1) is 6.10 Å². The van der Waals surface area contributed by atoms with Gasteiger partial charge in [0.15, 0.2) is 0 Å². The quantitative estimate of drug-likeness (QED) is 0.820. The van der Waals surface area contributed by atoms with Gasteiger partial charge >= 0.3 is 0 Å². The Morgan fingerprint density at radius 3 is 2.44 bits per heavy atom. The van der Waals surface area contributed by atoms with Crippen molar-refractivity contribution in [3.63, 3.8) is 0 Å². The van der Waals surface area contributed by atoms with E-state index in [0.717, 1.165) is 5.56 Å². The molecule has 0 saturated carbocycles. The highest BCUT2D eigenvalue weighted by Crippen LogP contribution is 2.28. The van der Waals surface area contributed by atoms with Crippen LogP contribution < -0.4 is 0 Å². The summed E-state index contributed by atoms with van der Waals surface area (Å²) in [7, 11) is 2.02.